The summed E-state index contributed by atoms with van der Waals surface area (Å²) >= 11 is 0. The van der Waals surface area contributed by atoms with Crippen molar-refractivity contribution in [3.63, 3.8) is 0 Å². The molecule has 1 amide bonds. The molecule has 1 aliphatic heterocycles. The summed E-state index contributed by atoms with van der Waals surface area (Å²) in [5, 5.41) is 4.09. The van der Waals surface area contributed by atoms with E-state index in [1.54, 1.807) is 4.90 Å². The first kappa shape index (κ1) is 21.1. The van der Waals surface area contributed by atoms with Crippen molar-refractivity contribution in [1.29, 1.82) is 0 Å². The first-order valence-electron chi connectivity index (χ1n) is 11.6. The molecular weight excluding hydrogens is 442 g/mol. The largest absolute Gasteiger partial charge is 0.484 e. The molecule has 0 spiro atoms. The van der Waals surface area contributed by atoms with Crippen LogP contribution in [0, 0.1) is 0 Å². The zero-order valence-electron chi connectivity index (χ0n) is 19.0. The molecule has 8 nitrogen and oxygen atoms in total. The lowest BCUT2D eigenvalue weighted by Crippen LogP contribution is -2.23. The Bertz CT molecular complexity index is 1470. The van der Waals surface area contributed by atoms with Crippen LogP contribution in [0.3, 0.4) is 0 Å². The molecule has 1 aliphatic rings. The Morgan fingerprint density at radius 1 is 0.971 bits per heavy atom. The molecule has 174 valence electrons. The van der Waals surface area contributed by atoms with Gasteiger partial charge in [-0.05, 0) is 48.4 Å². The van der Waals surface area contributed by atoms with Crippen LogP contribution in [0.2, 0.25) is 0 Å². The first-order chi connectivity index (χ1) is 17.2. The fourth-order valence-corrected chi connectivity index (χ4v) is 4.31. The average Bonchev–Trinajstić information content (AvgIpc) is 3.64. The van der Waals surface area contributed by atoms with Crippen LogP contribution in [-0.4, -0.2) is 32.1 Å². The van der Waals surface area contributed by atoms with Crippen LogP contribution in [0.4, 0.5) is 5.69 Å². The molecule has 1 saturated heterocycles. The maximum Gasteiger partial charge on any atom is 0.264 e. The van der Waals surface area contributed by atoms with E-state index in [0.29, 0.717) is 23.9 Å². The van der Waals surface area contributed by atoms with Gasteiger partial charge in [-0.1, -0.05) is 41.6 Å². The Morgan fingerprint density at radius 2 is 1.80 bits per heavy atom. The van der Waals surface area contributed by atoms with Gasteiger partial charge in [-0.3, -0.25) is 4.79 Å². The number of hydrogen-bond acceptors (Lipinski definition) is 6. The lowest BCUT2D eigenvalue weighted by Gasteiger charge is -2.15. The topological polar surface area (TPSA) is 86.3 Å². The van der Waals surface area contributed by atoms with E-state index in [0.717, 1.165) is 47.4 Å². The van der Waals surface area contributed by atoms with E-state index >= 15 is 0 Å². The quantitative estimate of drug-likeness (QED) is 0.342. The van der Waals surface area contributed by atoms with Gasteiger partial charge in [0.25, 0.3) is 5.89 Å². The molecule has 0 N–H and O–H groups in total. The van der Waals surface area contributed by atoms with E-state index in [2.05, 4.69) is 37.9 Å². The molecular formula is C27H23N5O3. The highest BCUT2D eigenvalue weighted by molar-refractivity contribution is 5.95. The number of nitrogens with zero attached hydrogens (tertiary/aromatic N) is 5. The Labute approximate surface area is 201 Å². The molecule has 3 aromatic carbocycles. The molecule has 2 aromatic heterocycles. The maximum absolute atomic E-state index is 11.9. The second-order valence-corrected chi connectivity index (χ2v) is 8.50. The van der Waals surface area contributed by atoms with Crippen LogP contribution in [-0.2, 0) is 17.9 Å². The van der Waals surface area contributed by atoms with Crippen molar-refractivity contribution >= 4 is 22.6 Å². The summed E-state index contributed by atoms with van der Waals surface area (Å²) in [6.07, 6.45) is 3.38. The molecule has 3 heterocycles. The van der Waals surface area contributed by atoms with Crippen molar-refractivity contribution < 1.29 is 14.1 Å². The zero-order valence-corrected chi connectivity index (χ0v) is 19.0. The summed E-state index contributed by atoms with van der Waals surface area (Å²) in [7, 11) is 0. The molecule has 6 rings (SSSR count). The molecule has 0 aliphatic carbocycles. The lowest BCUT2D eigenvalue weighted by atomic mass is 10.1. The lowest BCUT2D eigenvalue weighted by molar-refractivity contribution is -0.117. The van der Waals surface area contributed by atoms with E-state index in [9.17, 15) is 4.79 Å². The third-order valence-corrected chi connectivity index (χ3v) is 6.14. The monoisotopic (exact) mass is 465 g/mol. The summed E-state index contributed by atoms with van der Waals surface area (Å²) in [5.74, 6) is 1.76. The van der Waals surface area contributed by atoms with Crippen molar-refractivity contribution in [1.82, 2.24) is 19.7 Å². The predicted molar refractivity (Wildman–Crippen MR) is 131 cm³/mol. The second kappa shape index (κ2) is 9.06. The minimum Gasteiger partial charge on any atom is -0.484 e. The van der Waals surface area contributed by atoms with Crippen molar-refractivity contribution in [2.24, 2.45) is 0 Å². The van der Waals surface area contributed by atoms with Gasteiger partial charge in [0.1, 0.15) is 5.75 Å². The van der Waals surface area contributed by atoms with Gasteiger partial charge in [-0.2, -0.15) is 4.98 Å². The van der Waals surface area contributed by atoms with Crippen molar-refractivity contribution in [2.75, 3.05) is 11.4 Å². The number of para-hydroxylation sites is 2. The summed E-state index contributed by atoms with van der Waals surface area (Å²) in [6.45, 7) is 1.67. The third-order valence-electron chi connectivity index (χ3n) is 6.14. The van der Waals surface area contributed by atoms with Gasteiger partial charge in [0.2, 0.25) is 11.7 Å². The highest BCUT2D eigenvalue weighted by Gasteiger charge is 2.21. The summed E-state index contributed by atoms with van der Waals surface area (Å²) in [6, 6.07) is 23.7. The molecule has 0 saturated carbocycles. The van der Waals surface area contributed by atoms with Crippen molar-refractivity contribution in [3.05, 3.63) is 90.6 Å². The van der Waals surface area contributed by atoms with E-state index in [-0.39, 0.29) is 12.5 Å². The number of carbonyl (C=O) groups is 1. The van der Waals surface area contributed by atoms with Gasteiger partial charge in [-0.15, -0.1) is 0 Å². The van der Waals surface area contributed by atoms with Crippen LogP contribution in [0.15, 0.2) is 83.6 Å². The Hall–Kier alpha value is -4.46. The molecule has 35 heavy (non-hydrogen) atoms. The first-order valence-corrected chi connectivity index (χ1v) is 11.6. The average molecular weight is 466 g/mol. The second-order valence-electron chi connectivity index (χ2n) is 8.50. The Kier molecular flexibility index (Phi) is 5.46. The third kappa shape index (κ3) is 4.38. The maximum atomic E-state index is 11.9. The summed E-state index contributed by atoms with van der Waals surface area (Å²) in [4.78, 5) is 22.6. The zero-order chi connectivity index (χ0) is 23.6. The van der Waals surface area contributed by atoms with Crippen LogP contribution < -0.4 is 9.64 Å². The molecule has 0 radical (unpaired) electrons. The van der Waals surface area contributed by atoms with Crippen LogP contribution in [0.25, 0.3) is 22.4 Å². The molecule has 0 bridgehead atoms. The standard InChI is InChI=1S/C27H23N5O3/c33-26-6-3-15-32(26)21-11-13-22(14-12-21)34-17-25-29-27(30-35-25)20-9-7-19(8-10-20)16-31-18-28-23-4-1-2-5-24(23)31/h1-2,4-5,7-14,18H,3,6,15-17H2. The molecule has 5 aromatic rings. The minimum atomic E-state index is 0.167. The van der Waals surface area contributed by atoms with E-state index in [1.165, 1.54) is 0 Å². The minimum absolute atomic E-state index is 0.167. The SMILES string of the molecule is O=C1CCCN1c1ccc(OCc2nc(-c3ccc(Cn4cnc5ccccc54)cc3)no2)cc1. The molecule has 0 unspecified atom stereocenters. The number of anilines is 1. The fraction of sp³-hybridized carbons (Fsp3) is 0.185. The molecule has 1 fully saturated rings. The van der Waals surface area contributed by atoms with E-state index < -0.39 is 0 Å². The predicted octanol–water partition coefficient (Wildman–Crippen LogP) is 4.84. The van der Waals surface area contributed by atoms with Gasteiger partial charge >= 0.3 is 0 Å². The highest BCUT2D eigenvalue weighted by Crippen LogP contribution is 2.25. The molecule has 0 atom stereocenters. The Morgan fingerprint density at radius 3 is 2.60 bits per heavy atom. The molecule has 8 heteroatoms. The van der Waals surface area contributed by atoms with Gasteiger partial charge in [0, 0.05) is 30.8 Å². The number of amides is 1. The van der Waals surface area contributed by atoms with Gasteiger partial charge in [0.15, 0.2) is 6.61 Å². The number of imidazole rings is 1. The number of rotatable bonds is 7. The number of fused-ring (bicyclic) bond motifs is 1. The smallest absolute Gasteiger partial charge is 0.264 e. The highest BCUT2D eigenvalue weighted by atomic mass is 16.5. The van der Waals surface area contributed by atoms with E-state index in [4.69, 9.17) is 9.26 Å². The number of carbonyl (C=O) groups excluding carboxylic acids is 1. The van der Waals surface area contributed by atoms with Gasteiger partial charge in [0.05, 0.1) is 17.4 Å². The van der Waals surface area contributed by atoms with Gasteiger partial charge < -0.3 is 18.7 Å². The van der Waals surface area contributed by atoms with Crippen molar-refractivity contribution in [2.45, 2.75) is 26.0 Å². The fourth-order valence-electron chi connectivity index (χ4n) is 4.31. The van der Waals surface area contributed by atoms with Crippen molar-refractivity contribution in [3.8, 4) is 17.1 Å². The number of benzene rings is 3. The Balaban J connectivity index is 1.08. The normalized spacial score (nSPS) is 13.6. The van der Waals surface area contributed by atoms with Crippen LogP contribution in [0.5, 0.6) is 5.75 Å². The number of aromatic nitrogens is 4. The van der Waals surface area contributed by atoms with Crippen LogP contribution in [0.1, 0.15) is 24.3 Å². The van der Waals surface area contributed by atoms with Gasteiger partial charge in [-0.25, -0.2) is 4.98 Å². The summed E-state index contributed by atoms with van der Waals surface area (Å²) < 4.78 is 13.3. The van der Waals surface area contributed by atoms with E-state index in [1.807, 2.05) is 60.9 Å². The van der Waals surface area contributed by atoms with Crippen LogP contribution >= 0.6 is 0 Å². The number of ether oxygens (including phenoxy) is 1. The number of hydrogen-bond donors (Lipinski definition) is 0. The summed E-state index contributed by atoms with van der Waals surface area (Å²) in [5.41, 5.74) is 5.02.